The van der Waals surface area contributed by atoms with Crippen LogP contribution in [0.15, 0.2) is 33.7 Å². The monoisotopic (exact) mass is 508 g/mol. The molecule has 1 aromatic heterocycles. The van der Waals surface area contributed by atoms with Gasteiger partial charge >= 0.3 is 0 Å². The van der Waals surface area contributed by atoms with Gasteiger partial charge in [0, 0.05) is 34.0 Å². The Labute approximate surface area is 200 Å². The van der Waals surface area contributed by atoms with E-state index in [-0.39, 0.29) is 45.7 Å². The second-order valence-corrected chi connectivity index (χ2v) is 10.4. The Morgan fingerprint density at radius 2 is 1.91 bits per heavy atom. The van der Waals surface area contributed by atoms with Gasteiger partial charge in [0.2, 0.25) is 0 Å². The van der Waals surface area contributed by atoms with E-state index in [0.717, 1.165) is 18.0 Å². The molecule has 12 heteroatoms. The summed E-state index contributed by atoms with van der Waals surface area (Å²) in [6, 6.07) is 10.7. The number of nitrogens with zero attached hydrogens (tertiary/aromatic N) is 4. The fourth-order valence-corrected chi connectivity index (χ4v) is 4.50. The van der Waals surface area contributed by atoms with Crippen LogP contribution in [0.1, 0.15) is 25.0 Å². The van der Waals surface area contributed by atoms with E-state index in [1.807, 2.05) is 12.1 Å². The largest absolute Gasteiger partial charge is 0.298 e. The molecule has 0 bridgehead atoms. The van der Waals surface area contributed by atoms with Crippen LogP contribution in [0, 0.1) is 28.1 Å². The van der Waals surface area contributed by atoms with E-state index >= 15 is 0 Å². The average Bonchev–Trinajstić information content (AvgIpc) is 2.74. The van der Waals surface area contributed by atoms with Crippen LogP contribution < -0.4 is 0 Å². The van der Waals surface area contributed by atoms with Gasteiger partial charge in [-0.05, 0) is 6.07 Å². The molecule has 166 valence electrons. The molecule has 0 saturated carbocycles. The van der Waals surface area contributed by atoms with E-state index in [4.69, 9.17) is 28.2 Å². The van der Waals surface area contributed by atoms with Crippen LogP contribution in [0.4, 0.5) is 5.82 Å². The molecule has 8 nitrogen and oxygen atoms in total. The third-order valence-corrected chi connectivity index (χ3v) is 6.35. The third-order valence-electron chi connectivity index (χ3n) is 4.33. The summed E-state index contributed by atoms with van der Waals surface area (Å²) in [4.78, 5) is 16.9. The molecule has 1 heterocycles. The van der Waals surface area contributed by atoms with E-state index in [0.29, 0.717) is 10.6 Å². The number of carbonyl (C=O) groups excluding carboxylic acids is 1. The van der Waals surface area contributed by atoms with E-state index in [1.165, 1.54) is 0 Å². The number of carbonyl (C=O) groups is 1. The number of hydrogen-bond donors (Lipinski definition) is 0. The zero-order chi connectivity index (χ0) is 24.1. The Morgan fingerprint density at radius 3 is 2.44 bits per heavy atom. The van der Waals surface area contributed by atoms with Crippen molar-refractivity contribution in [2.24, 2.45) is 9.78 Å². The highest BCUT2D eigenvalue weighted by atomic mass is 35.5. The predicted molar refractivity (Wildman–Crippen MR) is 124 cm³/mol. The first kappa shape index (κ1) is 25.8. The van der Waals surface area contributed by atoms with Gasteiger partial charge in [-0.1, -0.05) is 55.4 Å². The smallest absolute Gasteiger partial charge is 0.264 e. The molecule has 32 heavy (non-hydrogen) atoms. The van der Waals surface area contributed by atoms with Gasteiger partial charge < -0.3 is 0 Å². The second kappa shape index (κ2) is 10.5. The van der Waals surface area contributed by atoms with Crippen molar-refractivity contribution >= 4 is 57.5 Å². The molecule has 0 spiro atoms. The van der Waals surface area contributed by atoms with Gasteiger partial charge in [0.1, 0.15) is 22.7 Å². The molecule has 0 aliphatic rings. The quantitative estimate of drug-likeness (QED) is 0.361. The van der Waals surface area contributed by atoms with Gasteiger partial charge in [0.05, 0.1) is 24.2 Å². The van der Waals surface area contributed by atoms with Crippen molar-refractivity contribution in [1.82, 2.24) is 4.98 Å². The van der Waals surface area contributed by atoms with Crippen molar-refractivity contribution in [2.45, 2.75) is 18.9 Å². The summed E-state index contributed by atoms with van der Waals surface area (Å²) in [7, 11) is -3.71. The molecule has 2 rings (SSSR count). The van der Waals surface area contributed by atoms with E-state index in [1.54, 1.807) is 38.1 Å². The van der Waals surface area contributed by atoms with Crippen LogP contribution in [0.3, 0.4) is 0 Å². The number of rotatable bonds is 9. The van der Waals surface area contributed by atoms with Gasteiger partial charge in [-0.25, -0.2) is 4.98 Å². The van der Waals surface area contributed by atoms with Crippen LogP contribution in [-0.2, 0) is 31.5 Å². The van der Waals surface area contributed by atoms with Crippen molar-refractivity contribution in [3.05, 3.63) is 40.4 Å². The van der Waals surface area contributed by atoms with Crippen LogP contribution in [0.2, 0.25) is 5.02 Å². The van der Waals surface area contributed by atoms with E-state index < -0.39 is 15.5 Å². The van der Waals surface area contributed by atoms with Crippen molar-refractivity contribution in [2.75, 3.05) is 18.6 Å². The predicted octanol–water partition coefficient (Wildman–Crippen LogP) is 4.17. The second-order valence-electron chi connectivity index (χ2n) is 7.22. The van der Waals surface area contributed by atoms with Gasteiger partial charge in [-0.15, -0.1) is 0 Å². The molecule has 0 saturated heterocycles. The molecule has 0 radical (unpaired) electrons. The fraction of sp³-hybridized carbons (Fsp3) is 0.300. The van der Waals surface area contributed by atoms with Gasteiger partial charge in [-0.2, -0.15) is 23.3 Å². The van der Waals surface area contributed by atoms with Crippen LogP contribution >= 0.6 is 23.4 Å². The van der Waals surface area contributed by atoms with Crippen molar-refractivity contribution in [3.8, 4) is 23.3 Å². The molecular formula is C20H17ClN4O4S3. The summed E-state index contributed by atoms with van der Waals surface area (Å²) in [6.07, 6.45) is 0.901. The van der Waals surface area contributed by atoms with Crippen molar-refractivity contribution < 1.29 is 17.4 Å². The summed E-state index contributed by atoms with van der Waals surface area (Å²) in [5, 5.41) is 20.0. The number of hydrogen-bond acceptors (Lipinski definition) is 10. The molecule has 0 N–H and O–H groups in total. The third kappa shape index (κ3) is 6.09. The number of aromatic nitrogens is 1. The van der Waals surface area contributed by atoms with Gasteiger partial charge in [0.15, 0.2) is 11.6 Å². The Balaban J connectivity index is 2.50. The number of halogens is 1. The van der Waals surface area contributed by atoms with E-state index in [2.05, 4.69) is 9.35 Å². The number of nitriles is 2. The Morgan fingerprint density at radius 1 is 1.28 bits per heavy atom. The standard InChI is InChI=1S/C20H17ClN4O4S3/c1-20(2,11-29-32(3,27)28)16(26)10-31-19-14(9-23)17(12-6-4-5-7-15(12)21)13(8-22)18(24-19)25-30/h4-7H,10-11H2,1-3H3. The zero-order valence-corrected chi connectivity index (χ0v) is 20.5. The van der Waals surface area contributed by atoms with Crippen LogP contribution in [0.25, 0.3) is 11.1 Å². The maximum absolute atomic E-state index is 12.7. The highest BCUT2D eigenvalue weighted by Gasteiger charge is 2.30. The fourth-order valence-electron chi connectivity index (χ4n) is 2.53. The average molecular weight is 509 g/mol. The molecule has 0 fully saturated rings. The Hall–Kier alpha value is -2.41. The summed E-state index contributed by atoms with van der Waals surface area (Å²) in [6.45, 7) is 2.78. The SMILES string of the molecule is CC(C)(COS(C)(=O)=O)C(=O)CSc1nc(N=S)c(C#N)c(-c2ccccc2Cl)c1C#N. The highest BCUT2D eigenvalue weighted by molar-refractivity contribution is 8.00. The number of pyridine rings is 1. The number of benzene rings is 1. The summed E-state index contributed by atoms with van der Waals surface area (Å²) >= 11 is 12.0. The van der Waals surface area contributed by atoms with Crippen LogP contribution in [-0.4, -0.2) is 37.8 Å². The summed E-state index contributed by atoms with van der Waals surface area (Å²) < 4.78 is 30.9. The zero-order valence-electron chi connectivity index (χ0n) is 17.2. The highest BCUT2D eigenvalue weighted by Crippen LogP contribution is 2.40. The van der Waals surface area contributed by atoms with Crippen molar-refractivity contribution in [1.29, 1.82) is 10.5 Å². The molecule has 0 atom stereocenters. The molecule has 1 aromatic carbocycles. The summed E-state index contributed by atoms with van der Waals surface area (Å²) in [5.74, 6) is -0.518. The molecule has 0 unspecified atom stereocenters. The normalized spacial score (nSPS) is 11.4. The Kier molecular flexibility index (Phi) is 8.46. The first-order valence-corrected chi connectivity index (χ1v) is 12.5. The minimum atomic E-state index is -3.71. The lowest BCUT2D eigenvalue weighted by atomic mass is 9.90. The first-order chi connectivity index (χ1) is 14.9. The van der Waals surface area contributed by atoms with Gasteiger partial charge in [-0.3, -0.25) is 8.98 Å². The molecule has 0 aliphatic carbocycles. The lowest BCUT2D eigenvalue weighted by molar-refractivity contribution is -0.125. The number of Topliss-reactive ketones (excluding diaryl/α,β-unsaturated/α-hetero) is 1. The van der Waals surface area contributed by atoms with E-state index in [9.17, 15) is 23.7 Å². The molecular weight excluding hydrogens is 492 g/mol. The minimum Gasteiger partial charge on any atom is -0.298 e. The molecule has 2 aromatic rings. The minimum absolute atomic E-state index is 0.00205. The number of thioether (sulfide) groups is 1. The lowest BCUT2D eigenvalue weighted by Crippen LogP contribution is -2.32. The van der Waals surface area contributed by atoms with Crippen LogP contribution in [0.5, 0.6) is 0 Å². The van der Waals surface area contributed by atoms with Crippen molar-refractivity contribution in [3.63, 3.8) is 0 Å². The maximum atomic E-state index is 12.7. The topological polar surface area (TPSA) is 133 Å². The summed E-state index contributed by atoms with van der Waals surface area (Å²) in [5.41, 5.74) is -0.387. The maximum Gasteiger partial charge on any atom is 0.264 e. The Bertz CT molecular complexity index is 1260. The molecule has 0 amide bonds. The molecule has 0 aliphatic heterocycles. The lowest BCUT2D eigenvalue weighted by Gasteiger charge is -2.22. The number of ketones is 1. The van der Waals surface area contributed by atoms with Gasteiger partial charge in [0.25, 0.3) is 10.1 Å². The first-order valence-electron chi connectivity index (χ1n) is 8.92.